The number of carbonyl (C=O) groups is 2. The fourth-order valence-corrected chi connectivity index (χ4v) is 2.07. The van der Waals surface area contributed by atoms with Crippen molar-refractivity contribution in [3.63, 3.8) is 0 Å². The molecule has 2 rings (SSSR count). The third kappa shape index (κ3) is 4.94. The van der Waals surface area contributed by atoms with E-state index in [1.165, 1.54) is 12.1 Å². The van der Waals surface area contributed by atoms with Crippen LogP contribution in [0.2, 0.25) is 0 Å². The Morgan fingerprint density at radius 2 is 2.00 bits per heavy atom. The highest BCUT2D eigenvalue weighted by atomic mass is 16.6. The van der Waals surface area contributed by atoms with Crippen molar-refractivity contribution < 1.29 is 24.4 Å². The first kappa shape index (κ1) is 18.7. The Morgan fingerprint density at radius 3 is 2.69 bits per heavy atom. The number of hydrogen-bond acceptors (Lipinski definition) is 6. The molecule has 0 aliphatic carbocycles. The number of phenolic OH excluding ortho intramolecular Hbond substituents is 1. The second-order valence-corrected chi connectivity index (χ2v) is 5.18. The van der Waals surface area contributed by atoms with Gasteiger partial charge in [-0.2, -0.15) is 0 Å². The summed E-state index contributed by atoms with van der Waals surface area (Å²) in [7, 11) is 0. The van der Waals surface area contributed by atoms with Gasteiger partial charge < -0.3 is 20.5 Å². The molecule has 0 unspecified atom stereocenters. The van der Waals surface area contributed by atoms with Gasteiger partial charge >= 0.3 is 5.69 Å². The minimum absolute atomic E-state index is 0.0168. The van der Waals surface area contributed by atoms with Crippen LogP contribution in [0.3, 0.4) is 0 Å². The number of benzene rings is 2. The van der Waals surface area contributed by atoms with Gasteiger partial charge in [0.1, 0.15) is 5.75 Å². The quantitative estimate of drug-likeness (QED) is 0.512. The summed E-state index contributed by atoms with van der Waals surface area (Å²) in [6, 6.07) is 9.71. The molecule has 0 fully saturated rings. The first-order valence-electron chi connectivity index (χ1n) is 7.69. The van der Waals surface area contributed by atoms with Crippen LogP contribution in [0, 0.1) is 10.1 Å². The molecule has 0 heterocycles. The van der Waals surface area contributed by atoms with E-state index in [4.69, 9.17) is 4.74 Å². The van der Waals surface area contributed by atoms with Crippen LogP contribution >= 0.6 is 0 Å². The first-order valence-corrected chi connectivity index (χ1v) is 7.69. The van der Waals surface area contributed by atoms with Crippen LogP contribution in [0.4, 0.5) is 11.4 Å². The maximum Gasteiger partial charge on any atom is 0.311 e. The van der Waals surface area contributed by atoms with E-state index in [1.54, 1.807) is 25.1 Å². The summed E-state index contributed by atoms with van der Waals surface area (Å²) in [6.07, 6.45) is 0. The molecule has 26 heavy (non-hydrogen) atoms. The standard InChI is InChI=1S/C17H17N3O6/c1-2-18-16(22)10-26-13-5-3-4-12(9-13)19-17(23)11-6-7-15(21)14(8-11)20(24)25/h3-9,21H,2,10H2,1H3,(H,18,22)(H,19,23). The molecular formula is C17H17N3O6. The number of aromatic hydroxyl groups is 1. The van der Waals surface area contributed by atoms with Crippen LogP contribution in [0.1, 0.15) is 17.3 Å². The Labute approximate surface area is 148 Å². The molecule has 9 nitrogen and oxygen atoms in total. The molecule has 3 N–H and O–H groups in total. The summed E-state index contributed by atoms with van der Waals surface area (Å²) in [5.41, 5.74) is -0.154. The number of likely N-dealkylation sites (N-methyl/N-ethyl adjacent to an activating group) is 1. The molecule has 2 aromatic carbocycles. The summed E-state index contributed by atoms with van der Waals surface area (Å²) in [5, 5.41) is 25.4. The lowest BCUT2D eigenvalue weighted by Gasteiger charge is -2.09. The second-order valence-electron chi connectivity index (χ2n) is 5.18. The maximum absolute atomic E-state index is 12.2. The zero-order valence-electron chi connectivity index (χ0n) is 13.9. The minimum atomic E-state index is -0.776. The van der Waals surface area contributed by atoms with E-state index in [1.807, 2.05) is 0 Å². The topological polar surface area (TPSA) is 131 Å². The highest BCUT2D eigenvalue weighted by molar-refractivity contribution is 6.04. The predicted octanol–water partition coefficient (Wildman–Crippen LogP) is 2.07. The Morgan fingerprint density at radius 1 is 1.23 bits per heavy atom. The molecule has 0 bridgehead atoms. The fraction of sp³-hybridized carbons (Fsp3) is 0.176. The highest BCUT2D eigenvalue weighted by Gasteiger charge is 2.17. The lowest BCUT2D eigenvalue weighted by atomic mass is 10.1. The maximum atomic E-state index is 12.2. The molecule has 2 amide bonds. The van der Waals surface area contributed by atoms with E-state index >= 15 is 0 Å². The molecule has 0 radical (unpaired) electrons. The monoisotopic (exact) mass is 359 g/mol. The Hall–Kier alpha value is -3.62. The number of phenols is 1. The number of rotatable bonds is 7. The second kappa shape index (κ2) is 8.47. The average molecular weight is 359 g/mol. The lowest BCUT2D eigenvalue weighted by molar-refractivity contribution is -0.385. The Balaban J connectivity index is 2.07. The number of amides is 2. The summed E-state index contributed by atoms with van der Waals surface area (Å²) in [4.78, 5) is 33.7. The number of anilines is 1. The van der Waals surface area contributed by atoms with Crippen LogP contribution < -0.4 is 15.4 Å². The summed E-state index contributed by atoms with van der Waals surface area (Å²) >= 11 is 0. The van der Waals surface area contributed by atoms with Gasteiger partial charge in [0.15, 0.2) is 12.4 Å². The summed E-state index contributed by atoms with van der Waals surface area (Å²) in [6.45, 7) is 2.13. The molecule has 9 heteroatoms. The smallest absolute Gasteiger partial charge is 0.311 e. The van der Waals surface area contributed by atoms with Gasteiger partial charge in [-0.05, 0) is 31.2 Å². The van der Waals surface area contributed by atoms with Crippen molar-refractivity contribution in [3.8, 4) is 11.5 Å². The normalized spacial score (nSPS) is 10.0. The number of ether oxygens (including phenoxy) is 1. The minimum Gasteiger partial charge on any atom is -0.502 e. The van der Waals surface area contributed by atoms with E-state index in [9.17, 15) is 24.8 Å². The molecule has 0 aromatic heterocycles. The molecule has 0 saturated heterocycles. The van der Waals surface area contributed by atoms with Crippen LogP contribution in [0.5, 0.6) is 11.5 Å². The van der Waals surface area contributed by atoms with Gasteiger partial charge in [0, 0.05) is 29.9 Å². The lowest BCUT2D eigenvalue weighted by Crippen LogP contribution is -2.28. The largest absolute Gasteiger partial charge is 0.502 e. The van der Waals surface area contributed by atoms with Crippen molar-refractivity contribution in [1.82, 2.24) is 5.32 Å². The van der Waals surface area contributed by atoms with Gasteiger partial charge in [0.2, 0.25) is 0 Å². The van der Waals surface area contributed by atoms with Crippen LogP contribution in [-0.2, 0) is 4.79 Å². The highest BCUT2D eigenvalue weighted by Crippen LogP contribution is 2.27. The molecule has 0 aliphatic heterocycles. The summed E-state index contributed by atoms with van der Waals surface area (Å²) < 4.78 is 5.33. The van der Waals surface area contributed by atoms with Crippen molar-refractivity contribution in [2.75, 3.05) is 18.5 Å². The molecule has 0 aliphatic rings. The molecule has 0 saturated carbocycles. The Bertz CT molecular complexity index is 837. The van der Waals surface area contributed by atoms with E-state index < -0.39 is 22.3 Å². The van der Waals surface area contributed by atoms with Crippen LogP contribution in [0.25, 0.3) is 0 Å². The van der Waals surface area contributed by atoms with Gasteiger partial charge in [0.25, 0.3) is 11.8 Å². The number of nitro groups is 1. The van der Waals surface area contributed by atoms with Crippen molar-refractivity contribution in [3.05, 3.63) is 58.1 Å². The third-order valence-corrected chi connectivity index (χ3v) is 3.27. The predicted molar refractivity (Wildman–Crippen MR) is 93.3 cm³/mol. The number of carbonyl (C=O) groups excluding carboxylic acids is 2. The molecule has 2 aromatic rings. The molecule has 0 spiro atoms. The van der Waals surface area contributed by atoms with Crippen molar-refractivity contribution in [2.24, 2.45) is 0 Å². The Kier molecular flexibility index (Phi) is 6.10. The van der Waals surface area contributed by atoms with Crippen LogP contribution in [-0.4, -0.2) is 35.0 Å². The average Bonchev–Trinajstić information content (AvgIpc) is 2.60. The SMILES string of the molecule is CCNC(=O)COc1cccc(NC(=O)c2ccc(O)c([N+](=O)[O-])c2)c1. The van der Waals surface area contributed by atoms with Gasteiger partial charge in [-0.3, -0.25) is 19.7 Å². The molecule has 136 valence electrons. The molecular weight excluding hydrogens is 342 g/mol. The third-order valence-electron chi connectivity index (χ3n) is 3.27. The zero-order valence-corrected chi connectivity index (χ0v) is 13.9. The first-order chi connectivity index (χ1) is 12.4. The number of nitro benzene ring substituents is 1. The number of nitrogens with one attached hydrogen (secondary N) is 2. The van der Waals surface area contributed by atoms with E-state index in [2.05, 4.69) is 10.6 Å². The van der Waals surface area contributed by atoms with Gasteiger partial charge in [-0.25, -0.2) is 0 Å². The van der Waals surface area contributed by atoms with Crippen LogP contribution in [0.15, 0.2) is 42.5 Å². The van der Waals surface area contributed by atoms with Crippen molar-refractivity contribution >= 4 is 23.2 Å². The summed E-state index contributed by atoms with van der Waals surface area (Å²) in [5.74, 6) is -0.995. The van der Waals surface area contributed by atoms with E-state index in [0.717, 1.165) is 12.1 Å². The zero-order chi connectivity index (χ0) is 19.1. The number of hydrogen-bond donors (Lipinski definition) is 3. The molecule has 0 atom stereocenters. The van der Waals surface area contributed by atoms with Gasteiger partial charge in [-0.15, -0.1) is 0 Å². The van der Waals surface area contributed by atoms with E-state index in [0.29, 0.717) is 18.0 Å². The fourth-order valence-electron chi connectivity index (χ4n) is 2.07. The van der Waals surface area contributed by atoms with Gasteiger partial charge in [-0.1, -0.05) is 6.07 Å². The number of nitrogens with zero attached hydrogens (tertiary/aromatic N) is 1. The van der Waals surface area contributed by atoms with Gasteiger partial charge in [0.05, 0.1) is 4.92 Å². The van der Waals surface area contributed by atoms with E-state index in [-0.39, 0.29) is 18.1 Å². The van der Waals surface area contributed by atoms with Crippen molar-refractivity contribution in [2.45, 2.75) is 6.92 Å². The van der Waals surface area contributed by atoms with Crippen molar-refractivity contribution in [1.29, 1.82) is 0 Å².